The Morgan fingerprint density at radius 2 is 1.95 bits per heavy atom. The Balaban J connectivity index is 2.30. The molecule has 0 aliphatic rings. The number of hydrogen-bond donors (Lipinski definition) is 1. The van der Waals surface area contributed by atoms with Crippen LogP contribution in [0.3, 0.4) is 0 Å². The molecule has 2 rings (SSSR count). The van der Waals surface area contributed by atoms with Gasteiger partial charge in [0.25, 0.3) is 0 Å². The molecule has 0 aromatic heterocycles. The molecule has 0 aliphatic carbocycles. The van der Waals surface area contributed by atoms with Crippen LogP contribution in [-0.4, -0.2) is 6.04 Å². The third-order valence-corrected chi connectivity index (χ3v) is 3.33. The van der Waals surface area contributed by atoms with Crippen molar-refractivity contribution >= 4 is 15.9 Å². The van der Waals surface area contributed by atoms with Gasteiger partial charge in [0.2, 0.25) is 0 Å². The van der Waals surface area contributed by atoms with Gasteiger partial charge in [0.15, 0.2) is 0 Å². The highest BCUT2D eigenvalue weighted by Gasteiger charge is 2.10. The van der Waals surface area contributed by atoms with Crippen LogP contribution in [0.5, 0.6) is 11.5 Å². The zero-order chi connectivity index (χ0) is 14.7. The van der Waals surface area contributed by atoms with E-state index in [1.54, 1.807) is 12.1 Å². The van der Waals surface area contributed by atoms with Crippen molar-refractivity contribution in [2.24, 2.45) is 5.73 Å². The van der Waals surface area contributed by atoms with Gasteiger partial charge in [-0.1, -0.05) is 0 Å². The maximum Gasteiger partial charge on any atom is 0.141 e. The summed E-state index contributed by atoms with van der Waals surface area (Å²) in [5.74, 6) is 0.0574. The van der Waals surface area contributed by atoms with E-state index in [0.29, 0.717) is 28.0 Å². The molecule has 2 N–H and O–H groups in total. The number of benzene rings is 2. The molecule has 0 saturated heterocycles. The lowest BCUT2D eigenvalue weighted by Gasteiger charge is -2.13. The Kier molecular flexibility index (Phi) is 4.73. The normalized spacial score (nSPS) is 12.2. The summed E-state index contributed by atoms with van der Waals surface area (Å²) in [6, 6.07) is 8.53. The molecule has 106 valence electrons. The maximum atomic E-state index is 13.4. The third-order valence-electron chi connectivity index (χ3n) is 2.68. The van der Waals surface area contributed by atoms with Gasteiger partial charge in [-0.25, -0.2) is 8.78 Å². The molecule has 0 fully saturated rings. The number of rotatable bonds is 4. The molecule has 20 heavy (non-hydrogen) atoms. The Hall–Kier alpha value is -1.46. The topological polar surface area (TPSA) is 35.2 Å². The van der Waals surface area contributed by atoms with Crippen LogP contribution in [0.25, 0.3) is 0 Å². The fourth-order valence-corrected chi connectivity index (χ4v) is 2.07. The largest absolute Gasteiger partial charge is 0.457 e. The first-order valence-corrected chi connectivity index (χ1v) is 6.92. The maximum absolute atomic E-state index is 13.4. The molecule has 0 bridgehead atoms. The smallest absolute Gasteiger partial charge is 0.141 e. The zero-order valence-corrected chi connectivity index (χ0v) is 12.5. The van der Waals surface area contributed by atoms with Crippen molar-refractivity contribution in [2.45, 2.75) is 19.4 Å². The second-order valence-electron chi connectivity index (χ2n) is 4.61. The van der Waals surface area contributed by atoms with E-state index in [2.05, 4.69) is 15.9 Å². The van der Waals surface area contributed by atoms with E-state index >= 15 is 0 Å². The Bertz CT molecular complexity index is 617. The summed E-state index contributed by atoms with van der Waals surface area (Å²) in [4.78, 5) is 0. The van der Waals surface area contributed by atoms with Gasteiger partial charge in [0, 0.05) is 12.1 Å². The van der Waals surface area contributed by atoms with Crippen LogP contribution in [0.2, 0.25) is 0 Å². The first-order valence-electron chi connectivity index (χ1n) is 6.12. The third kappa shape index (κ3) is 3.77. The van der Waals surface area contributed by atoms with Crippen LogP contribution in [-0.2, 0) is 6.42 Å². The quantitative estimate of drug-likeness (QED) is 0.893. The van der Waals surface area contributed by atoms with Gasteiger partial charge in [-0.2, -0.15) is 0 Å². The van der Waals surface area contributed by atoms with E-state index in [4.69, 9.17) is 10.5 Å². The van der Waals surface area contributed by atoms with Crippen molar-refractivity contribution in [3.05, 3.63) is 58.1 Å². The number of nitrogens with two attached hydrogens (primary N) is 1. The molecule has 2 nitrogen and oxygen atoms in total. The lowest BCUT2D eigenvalue weighted by Crippen LogP contribution is -2.18. The van der Waals surface area contributed by atoms with E-state index in [9.17, 15) is 8.78 Å². The van der Waals surface area contributed by atoms with E-state index in [0.717, 1.165) is 0 Å². The molecule has 0 aliphatic heterocycles. The monoisotopic (exact) mass is 341 g/mol. The second-order valence-corrected chi connectivity index (χ2v) is 5.47. The molecule has 2 aromatic carbocycles. The molecule has 0 heterocycles. The number of halogens is 3. The molecule has 1 atom stereocenters. The van der Waals surface area contributed by atoms with Crippen molar-refractivity contribution in [1.82, 2.24) is 0 Å². The van der Waals surface area contributed by atoms with Crippen LogP contribution < -0.4 is 10.5 Å². The lowest BCUT2D eigenvalue weighted by atomic mass is 10.1. The summed E-state index contributed by atoms with van der Waals surface area (Å²) in [6.45, 7) is 1.83. The number of ether oxygens (including phenoxy) is 1. The fourth-order valence-electron chi connectivity index (χ4n) is 1.82. The van der Waals surface area contributed by atoms with Crippen molar-refractivity contribution in [2.75, 3.05) is 0 Å². The Morgan fingerprint density at radius 3 is 2.60 bits per heavy atom. The van der Waals surface area contributed by atoms with Gasteiger partial charge in [-0.05, 0) is 65.2 Å². The van der Waals surface area contributed by atoms with Crippen LogP contribution >= 0.6 is 15.9 Å². The minimum atomic E-state index is -0.418. The average molecular weight is 342 g/mol. The van der Waals surface area contributed by atoms with Gasteiger partial charge >= 0.3 is 0 Å². The molecular weight excluding hydrogens is 328 g/mol. The van der Waals surface area contributed by atoms with Crippen LogP contribution in [0.4, 0.5) is 8.78 Å². The van der Waals surface area contributed by atoms with Gasteiger partial charge in [0.1, 0.15) is 23.1 Å². The molecule has 0 amide bonds. The van der Waals surface area contributed by atoms with Crippen molar-refractivity contribution < 1.29 is 13.5 Å². The van der Waals surface area contributed by atoms with Gasteiger partial charge in [-0.15, -0.1) is 0 Å². The molecule has 2 aromatic rings. The van der Waals surface area contributed by atoms with Crippen LogP contribution in [0.15, 0.2) is 40.9 Å². The van der Waals surface area contributed by atoms with Crippen LogP contribution in [0, 0.1) is 11.6 Å². The van der Waals surface area contributed by atoms with Gasteiger partial charge in [0.05, 0.1) is 4.47 Å². The molecule has 0 saturated carbocycles. The summed E-state index contributed by atoms with van der Waals surface area (Å²) in [5, 5.41) is 0. The summed E-state index contributed by atoms with van der Waals surface area (Å²) in [5.41, 5.74) is 6.39. The number of hydrogen-bond acceptors (Lipinski definition) is 2. The van der Waals surface area contributed by atoms with Gasteiger partial charge < -0.3 is 10.5 Å². The predicted octanol–water partition coefficient (Wildman–Crippen LogP) is 4.41. The predicted molar refractivity (Wildman–Crippen MR) is 77.9 cm³/mol. The minimum absolute atomic E-state index is 0.124. The minimum Gasteiger partial charge on any atom is -0.457 e. The Labute approximate surface area is 124 Å². The highest BCUT2D eigenvalue weighted by atomic mass is 79.9. The van der Waals surface area contributed by atoms with Crippen molar-refractivity contribution in [3.63, 3.8) is 0 Å². The highest BCUT2D eigenvalue weighted by Crippen LogP contribution is 2.29. The molecule has 0 radical (unpaired) electrons. The van der Waals surface area contributed by atoms with Crippen molar-refractivity contribution in [3.8, 4) is 11.5 Å². The first kappa shape index (κ1) is 14.9. The highest BCUT2D eigenvalue weighted by molar-refractivity contribution is 9.10. The summed E-state index contributed by atoms with van der Waals surface area (Å²) < 4.78 is 32.7. The van der Waals surface area contributed by atoms with Crippen molar-refractivity contribution in [1.29, 1.82) is 0 Å². The first-order chi connectivity index (χ1) is 9.45. The van der Waals surface area contributed by atoms with E-state index in [-0.39, 0.29) is 11.9 Å². The summed E-state index contributed by atoms with van der Waals surface area (Å²) >= 11 is 3.07. The lowest BCUT2D eigenvalue weighted by molar-refractivity contribution is 0.465. The van der Waals surface area contributed by atoms with E-state index in [1.165, 1.54) is 24.3 Å². The average Bonchev–Trinajstić information content (AvgIpc) is 2.36. The molecular formula is C15H14BrF2NO. The zero-order valence-electron chi connectivity index (χ0n) is 10.9. The fraction of sp³-hybridized carbons (Fsp3) is 0.200. The van der Waals surface area contributed by atoms with E-state index in [1.807, 2.05) is 6.92 Å². The summed E-state index contributed by atoms with van der Waals surface area (Å²) in [7, 11) is 0. The Morgan fingerprint density at radius 1 is 1.20 bits per heavy atom. The molecule has 1 unspecified atom stereocenters. The SMILES string of the molecule is CC(N)Cc1cc(F)ccc1Oc1ccc(Br)c(F)c1. The second kappa shape index (κ2) is 6.33. The summed E-state index contributed by atoms with van der Waals surface area (Å²) in [6.07, 6.45) is 0.478. The van der Waals surface area contributed by atoms with Gasteiger partial charge in [-0.3, -0.25) is 0 Å². The molecule has 0 spiro atoms. The van der Waals surface area contributed by atoms with Crippen LogP contribution in [0.1, 0.15) is 12.5 Å². The standard InChI is InChI=1S/C15H14BrF2NO/c1-9(19)6-10-7-11(17)2-5-15(10)20-12-3-4-13(16)14(18)8-12/h2-5,7-9H,6,19H2,1H3. The molecule has 5 heteroatoms. The van der Waals surface area contributed by atoms with E-state index < -0.39 is 5.82 Å².